The van der Waals surface area contributed by atoms with Crippen LogP contribution in [0.15, 0.2) is 89.8 Å². The highest BCUT2D eigenvalue weighted by molar-refractivity contribution is 7.92. The number of sulfonamides is 1. The van der Waals surface area contributed by atoms with Crippen LogP contribution >= 0.6 is 0 Å². The third kappa shape index (κ3) is 4.09. The lowest BCUT2D eigenvalue weighted by Crippen LogP contribution is -2.27. The number of hydrogen-bond donors (Lipinski definition) is 1. The van der Waals surface area contributed by atoms with E-state index in [4.69, 9.17) is 0 Å². The minimum atomic E-state index is -3.70. The molecule has 0 aliphatic carbocycles. The van der Waals surface area contributed by atoms with Gasteiger partial charge in [-0.05, 0) is 61.2 Å². The van der Waals surface area contributed by atoms with Gasteiger partial charge in [0.2, 0.25) is 0 Å². The fourth-order valence-electron chi connectivity index (χ4n) is 3.68. The van der Waals surface area contributed by atoms with Crippen LogP contribution in [0.25, 0.3) is 10.8 Å². The van der Waals surface area contributed by atoms with Gasteiger partial charge in [-0.2, -0.15) is 0 Å². The normalized spacial score (nSPS) is 11.3. The summed E-state index contributed by atoms with van der Waals surface area (Å²) < 4.78 is 27.3. The fraction of sp³-hybridized carbons (Fsp3) is 0.115. The van der Waals surface area contributed by atoms with E-state index >= 15 is 0 Å². The Morgan fingerprint density at radius 2 is 1.53 bits per heavy atom. The topological polar surface area (TPSA) is 66.5 Å². The van der Waals surface area contributed by atoms with Crippen molar-refractivity contribution >= 4 is 38.1 Å². The monoisotopic (exact) mass is 444 g/mol. The molecule has 5 nitrogen and oxygen atoms in total. The lowest BCUT2D eigenvalue weighted by atomic mass is 10.1. The molecule has 0 atom stereocenters. The van der Waals surface area contributed by atoms with Gasteiger partial charge in [-0.3, -0.25) is 9.10 Å². The number of nitrogens with one attached hydrogen (secondary N) is 1. The summed E-state index contributed by atoms with van der Waals surface area (Å²) in [7, 11) is -2.18. The SMILES string of the molecule is Cc1ccc(S(=O)(=O)N(C)c2ccc(C(=O)Nc3cccc4ccccc34)cc2C)cc1. The van der Waals surface area contributed by atoms with Crippen LogP contribution in [-0.4, -0.2) is 21.4 Å². The molecular formula is C26H24N2O3S. The summed E-state index contributed by atoms with van der Waals surface area (Å²) in [6.07, 6.45) is 0. The first-order valence-corrected chi connectivity index (χ1v) is 11.7. The highest BCUT2D eigenvalue weighted by Gasteiger charge is 2.23. The van der Waals surface area contributed by atoms with Crippen molar-refractivity contribution in [2.45, 2.75) is 18.7 Å². The maximum atomic E-state index is 13.0. The zero-order chi connectivity index (χ0) is 22.9. The van der Waals surface area contributed by atoms with Crippen LogP contribution in [0, 0.1) is 13.8 Å². The second-order valence-corrected chi connectivity index (χ2v) is 9.74. The van der Waals surface area contributed by atoms with Crippen LogP contribution in [0.1, 0.15) is 21.5 Å². The Balaban J connectivity index is 1.60. The smallest absolute Gasteiger partial charge is 0.264 e. The van der Waals surface area contributed by atoms with Crippen molar-refractivity contribution in [1.29, 1.82) is 0 Å². The number of hydrogen-bond acceptors (Lipinski definition) is 3. The summed E-state index contributed by atoms with van der Waals surface area (Å²) in [4.78, 5) is 13.1. The summed E-state index contributed by atoms with van der Waals surface area (Å²) in [5.74, 6) is -0.250. The predicted octanol–water partition coefficient (Wildman–Crippen LogP) is 5.53. The molecule has 0 aliphatic heterocycles. The van der Waals surface area contributed by atoms with Gasteiger partial charge in [-0.25, -0.2) is 8.42 Å². The Morgan fingerprint density at radius 1 is 0.844 bits per heavy atom. The fourth-order valence-corrected chi connectivity index (χ4v) is 4.94. The van der Waals surface area contributed by atoms with Gasteiger partial charge in [0, 0.05) is 23.7 Å². The van der Waals surface area contributed by atoms with E-state index in [-0.39, 0.29) is 10.8 Å². The number of aryl methyl sites for hydroxylation is 2. The van der Waals surface area contributed by atoms with Gasteiger partial charge in [0.05, 0.1) is 10.6 Å². The van der Waals surface area contributed by atoms with E-state index < -0.39 is 10.0 Å². The van der Waals surface area contributed by atoms with E-state index in [9.17, 15) is 13.2 Å². The number of nitrogens with zero attached hydrogens (tertiary/aromatic N) is 1. The second-order valence-electron chi connectivity index (χ2n) is 7.77. The molecule has 0 fully saturated rings. The maximum Gasteiger partial charge on any atom is 0.264 e. The Bertz CT molecular complexity index is 1410. The molecule has 0 spiro atoms. The van der Waals surface area contributed by atoms with Crippen molar-refractivity contribution < 1.29 is 13.2 Å². The molecule has 0 bridgehead atoms. The third-order valence-electron chi connectivity index (χ3n) is 5.52. The summed E-state index contributed by atoms with van der Waals surface area (Å²) in [5, 5.41) is 4.97. The first-order valence-electron chi connectivity index (χ1n) is 10.2. The van der Waals surface area contributed by atoms with E-state index in [0.717, 1.165) is 22.0 Å². The van der Waals surface area contributed by atoms with Crippen LogP contribution in [0.2, 0.25) is 0 Å². The Hall–Kier alpha value is -3.64. The van der Waals surface area contributed by atoms with Gasteiger partial charge < -0.3 is 5.32 Å². The van der Waals surface area contributed by atoms with E-state index in [1.165, 1.54) is 11.4 Å². The summed E-state index contributed by atoms with van der Waals surface area (Å²) >= 11 is 0. The number of carbonyl (C=O) groups is 1. The summed E-state index contributed by atoms with van der Waals surface area (Å²) in [6, 6.07) is 25.4. The largest absolute Gasteiger partial charge is 0.321 e. The molecule has 0 aliphatic rings. The third-order valence-corrected chi connectivity index (χ3v) is 7.30. The van der Waals surface area contributed by atoms with Gasteiger partial charge in [0.15, 0.2) is 0 Å². The van der Waals surface area contributed by atoms with Gasteiger partial charge >= 0.3 is 0 Å². The van der Waals surface area contributed by atoms with Crippen molar-refractivity contribution in [3.05, 3.63) is 102 Å². The molecule has 6 heteroatoms. The minimum absolute atomic E-state index is 0.225. The van der Waals surface area contributed by atoms with Crippen LogP contribution in [-0.2, 0) is 10.0 Å². The van der Waals surface area contributed by atoms with Gasteiger partial charge in [0.25, 0.3) is 15.9 Å². The molecular weight excluding hydrogens is 420 g/mol. The quantitative estimate of drug-likeness (QED) is 0.440. The van der Waals surface area contributed by atoms with E-state index in [1.54, 1.807) is 49.4 Å². The molecule has 0 saturated heterocycles. The number of carbonyl (C=O) groups excluding carboxylic acids is 1. The lowest BCUT2D eigenvalue weighted by Gasteiger charge is -2.22. The van der Waals surface area contributed by atoms with Crippen molar-refractivity contribution in [2.75, 3.05) is 16.7 Å². The molecule has 4 rings (SSSR count). The number of amides is 1. The van der Waals surface area contributed by atoms with E-state index in [2.05, 4.69) is 5.32 Å². The molecule has 162 valence electrons. The number of benzene rings is 4. The molecule has 0 heterocycles. The maximum absolute atomic E-state index is 13.0. The molecule has 0 saturated carbocycles. The average Bonchev–Trinajstić information content (AvgIpc) is 2.79. The molecule has 0 aromatic heterocycles. The van der Waals surface area contributed by atoms with Crippen LogP contribution in [0.5, 0.6) is 0 Å². The van der Waals surface area contributed by atoms with Crippen molar-refractivity contribution in [3.63, 3.8) is 0 Å². The molecule has 1 N–H and O–H groups in total. The number of fused-ring (bicyclic) bond motifs is 1. The number of rotatable bonds is 5. The van der Waals surface area contributed by atoms with Crippen molar-refractivity contribution in [1.82, 2.24) is 0 Å². The zero-order valence-corrected chi connectivity index (χ0v) is 19.0. The Morgan fingerprint density at radius 3 is 2.25 bits per heavy atom. The molecule has 32 heavy (non-hydrogen) atoms. The van der Waals surface area contributed by atoms with Crippen molar-refractivity contribution in [2.24, 2.45) is 0 Å². The molecule has 4 aromatic carbocycles. The minimum Gasteiger partial charge on any atom is -0.321 e. The molecule has 0 radical (unpaired) electrons. The first kappa shape index (κ1) is 21.6. The standard InChI is InChI=1S/C26H24N2O3S/c1-18-11-14-22(15-12-18)32(30,31)28(3)25-16-13-21(17-19(25)2)26(29)27-24-10-6-8-20-7-4-5-9-23(20)24/h4-17H,1-3H3,(H,27,29). The summed E-state index contributed by atoms with van der Waals surface area (Å²) in [6.45, 7) is 3.71. The zero-order valence-electron chi connectivity index (χ0n) is 18.2. The van der Waals surface area contributed by atoms with Gasteiger partial charge in [0.1, 0.15) is 0 Å². The van der Waals surface area contributed by atoms with E-state index in [1.807, 2.05) is 49.4 Å². The number of anilines is 2. The Kier molecular flexibility index (Phi) is 5.72. The molecule has 0 unspecified atom stereocenters. The van der Waals surface area contributed by atoms with Crippen molar-refractivity contribution in [3.8, 4) is 0 Å². The molecule has 4 aromatic rings. The van der Waals surface area contributed by atoms with Crippen LogP contribution in [0.3, 0.4) is 0 Å². The lowest BCUT2D eigenvalue weighted by molar-refractivity contribution is 0.102. The molecule has 1 amide bonds. The highest BCUT2D eigenvalue weighted by Crippen LogP contribution is 2.28. The van der Waals surface area contributed by atoms with E-state index in [0.29, 0.717) is 16.8 Å². The summed E-state index contributed by atoms with van der Waals surface area (Å²) in [5.41, 5.74) is 3.39. The van der Waals surface area contributed by atoms with Gasteiger partial charge in [-0.15, -0.1) is 0 Å². The Labute approximate surface area is 188 Å². The highest BCUT2D eigenvalue weighted by atomic mass is 32.2. The second kappa shape index (κ2) is 8.48. The first-order chi connectivity index (χ1) is 15.3. The van der Waals surface area contributed by atoms with Crippen LogP contribution in [0.4, 0.5) is 11.4 Å². The average molecular weight is 445 g/mol. The van der Waals surface area contributed by atoms with Gasteiger partial charge in [-0.1, -0.05) is 54.1 Å². The predicted molar refractivity (Wildman–Crippen MR) is 130 cm³/mol. The van der Waals surface area contributed by atoms with Crippen LogP contribution < -0.4 is 9.62 Å².